The third-order valence-corrected chi connectivity index (χ3v) is 9.03. The minimum Gasteiger partial charge on any atom is -0.450 e. The predicted octanol–water partition coefficient (Wildman–Crippen LogP) is 4.82. The van der Waals surface area contributed by atoms with Crippen LogP contribution in [0.3, 0.4) is 0 Å². The van der Waals surface area contributed by atoms with Crippen molar-refractivity contribution in [1.82, 2.24) is 0 Å². The first-order valence-electron chi connectivity index (χ1n) is 11.1. The zero-order chi connectivity index (χ0) is 21.4. The molecule has 29 heavy (non-hydrogen) atoms. The molecule has 0 aromatic carbocycles. The molecule has 0 radical (unpaired) electrons. The minimum atomic E-state index is -1.05. The summed E-state index contributed by atoms with van der Waals surface area (Å²) < 4.78 is 5.92. The number of carbonyl (C=O) groups is 3. The highest BCUT2D eigenvalue weighted by atomic mass is 16.6. The van der Waals surface area contributed by atoms with Crippen molar-refractivity contribution in [2.75, 3.05) is 0 Å². The number of esters is 1. The van der Waals surface area contributed by atoms with Crippen molar-refractivity contribution in [2.45, 2.75) is 79.2 Å². The summed E-state index contributed by atoms with van der Waals surface area (Å²) in [5.74, 6) is 0.885. The summed E-state index contributed by atoms with van der Waals surface area (Å²) in [6.07, 6.45) is 8.38. The van der Waals surface area contributed by atoms with Gasteiger partial charge in [-0.05, 0) is 56.4 Å². The molecule has 4 heteroatoms. The molecule has 158 valence electrons. The Morgan fingerprint density at radius 1 is 1.10 bits per heavy atom. The lowest BCUT2D eigenvalue weighted by molar-refractivity contribution is -0.186. The maximum Gasteiger partial charge on any atom is 0.303 e. The molecular formula is C25H34O4. The zero-order valence-corrected chi connectivity index (χ0v) is 18.6. The predicted molar refractivity (Wildman–Crippen MR) is 111 cm³/mol. The first-order chi connectivity index (χ1) is 13.5. The van der Waals surface area contributed by atoms with Gasteiger partial charge in [0, 0.05) is 30.1 Å². The lowest BCUT2D eigenvalue weighted by atomic mass is 9.48. The second-order valence-corrected chi connectivity index (χ2v) is 10.6. The van der Waals surface area contributed by atoms with Crippen LogP contribution in [0, 0.1) is 34.5 Å². The van der Waals surface area contributed by atoms with E-state index in [1.807, 2.05) is 6.08 Å². The zero-order valence-electron chi connectivity index (χ0n) is 18.6. The van der Waals surface area contributed by atoms with Crippen LogP contribution in [0.2, 0.25) is 0 Å². The van der Waals surface area contributed by atoms with E-state index in [1.54, 1.807) is 6.92 Å². The van der Waals surface area contributed by atoms with Gasteiger partial charge in [0.15, 0.2) is 17.2 Å². The summed E-state index contributed by atoms with van der Waals surface area (Å²) in [6.45, 7) is 11.8. The Hall–Kier alpha value is -1.71. The van der Waals surface area contributed by atoms with Gasteiger partial charge in [-0.1, -0.05) is 44.9 Å². The van der Waals surface area contributed by atoms with Gasteiger partial charge in [0.1, 0.15) is 0 Å². The fraction of sp³-hybridized carbons (Fsp3) is 0.720. The summed E-state index contributed by atoms with van der Waals surface area (Å²) in [7, 11) is 0. The number of ether oxygens (including phenoxy) is 1. The molecule has 0 bridgehead atoms. The van der Waals surface area contributed by atoms with Crippen molar-refractivity contribution in [2.24, 2.45) is 34.5 Å². The van der Waals surface area contributed by atoms with E-state index in [4.69, 9.17) is 4.74 Å². The second kappa shape index (κ2) is 6.39. The summed E-state index contributed by atoms with van der Waals surface area (Å²) in [5.41, 5.74) is 1.27. The Balaban J connectivity index is 1.84. The van der Waals surface area contributed by atoms with Crippen LogP contribution >= 0.6 is 0 Å². The van der Waals surface area contributed by atoms with Crippen LogP contribution in [0.15, 0.2) is 23.3 Å². The first kappa shape index (κ1) is 20.6. The lowest BCUT2D eigenvalue weighted by Crippen LogP contribution is -2.58. The number of fused-ring (bicyclic) bond motifs is 5. The molecule has 4 aliphatic carbocycles. The smallest absolute Gasteiger partial charge is 0.303 e. The highest BCUT2D eigenvalue weighted by Gasteiger charge is 2.69. The fourth-order valence-corrected chi connectivity index (χ4v) is 7.86. The van der Waals surface area contributed by atoms with E-state index in [2.05, 4.69) is 33.8 Å². The third kappa shape index (κ3) is 2.53. The number of rotatable bonds is 2. The van der Waals surface area contributed by atoms with Crippen molar-refractivity contribution in [1.29, 1.82) is 0 Å². The first-order valence-corrected chi connectivity index (χ1v) is 11.1. The maximum atomic E-state index is 13.0. The van der Waals surface area contributed by atoms with E-state index in [1.165, 1.54) is 18.1 Å². The van der Waals surface area contributed by atoms with Crippen LogP contribution in [-0.4, -0.2) is 23.1 Å². The largest absolute Gasteiger partial charge is 0.450 e. The minimum absolute atomic E-state index is 0.000338. The van der Waals surface area contributed by atoms with E-state index in [0.29, 0.717) is 24.2 Å². The Bertz CT molecular complexity index is 851. The maximum absolute atomic E-state index is 13.0. The lowest BCUT2D eigenvalue weighted by Gasteiger charge is -2.56. The number of ketones is 2. The molecule has 0 heterocycles. The van der Waals surface area contributed by atoms with Gasteiger partial charge in [0.05, 0.1) is 0 Å². The fourth-order valence-electron chi connectivity index (χ4n) is 7.86. The van der Waals surface area contributed by atoms with E-state index < -0.39 is 5.60 Å². The van der Waals surface area contributed by atoms with Crippen LogP contribution in [0.1, 0.15) is 73.6 Å². The number of Topliss-reactive ketones (excluding diaryl/α,β-unsaturated/α-hetero) is 1. The van der Waals surface area contributed by atoms with Crippen molar-refractivity contribution >= 4 is 17.5 Å². The third-order valence-electron chi connectivity index (χ3n) is 9.03. The highest BCUT2D eigenvalue weighted by molar-refractivity contribution is 5.92. The monoisotopic (exact) mass is 398 g/mol. The van der Waals surface area contributed by atoms with Crippen molar-refractivity contribution in [3.63, 3.8) is 0 Å². The molecule has 0 aromatic rings. The summed E-state index contributed by atoms with van der Waals surface area (Å²) in [4.78, 5) is 37.2. The molecule has 0 aromatic heterocycles. The number of hydrogen-bond acceptors (Lipinski definition) is 4. The molecule has 2 fully saturated rings. The van der Waals surface area contributed by atoms with Gasteiger partial charge in [0.2, 0.25) is 0 Å². The number of allylic oxidation sites excluding steroid dienone is 4. The Kier molecular flexibility index (Phi) is 4.53. The standard InChI is InChI=1S/C25H34O4/c1-14-11-19-20(23(5)9-7-18(28)13-21(14)23)8-10-24(6)22(19)12-15(2)25(24,16(3)26)29-17(4)27/h8,13-15,19,22H,7,9-12H2,1-6H3/t14-,15-,19+,22-,23+,24-,25-/m0/s1. The van der Waals surface area contributed by atoms with Crippen LogP contribution in [0.5, 0.6) is 0 Å². The average Bonchev–Trinajstić information content (AvgIpc) is 2.85. The number of hydrogen-bond donors (Lipinski definition) is 0. The van der Waals surface area contributed by atoms with Gasteiger partial charge >= 0.3 is 5.97 Å². The van der Waals surface area contributed by atoms with E-state index >= 15 is 0 Å². The van der Waals surface area contributed by atoms with Crippen LogP contribution < -0.4 is 0 Å². The molecule has 7 atom stereocenters. The van der Waals surface area contributed by atoms with Crippen molar-refractivity contribution in [3.05, 3.63) is 23.3 Å². The Morgan fingerprint density at radius 3 is 2.41 bits per heavy atom. The molecule has 0 N–H and O–H groups in total. The van der Waals surface area contributed by atoms with Crippen LogP contribution in [-0.2, 0) is 19.1 Å². The van der Waals surface area contributed by atoms with Crippen molar-refractivity contribution in [3.8, 4) is 0 Å². The SMILES string of the molecule is CC(=O)O[C@]1(C(C)=O)[C@@H](C)C[C@H]2[C@@H]3C[C@H](C)C4=CC(=O)CC[C@]4(C)C3=CC[C@@]21C. The van der Waals surface area contributed by atoms with Crippen molar-refractivity contribution < 1.29 is 19.1 Å². The molecule has 4 aliphatic rings. The molecule has 0 aliphatic heterocycles. The number of carbonyl (C=O) groups excluding carboxylic acids is 3. The molecule has 2 saturated carbocycles. The summed E-state index contributed by atoms with van der Waals surface area (Å²) in [6, 6.07) is 0. The van der Waals surface area contributed by atoms with Gasteiger partial charge in [-0.2, -0.15) is 0 Å². The molecule has 0 spiro atoms. The molecule has 4 nitrogen and oxygen atoms in total. The summed E-state index contributed by atoms with van der Waals surface area (Å²) >= 11 is 0. The van der Waals surface area contributed by atoms with Crippen LogP contribution in [0.25, 0.3) is 0 Å². The molecule has 0 amide bonds. The highest BCUT2D eigenvalue weighted by Crippen LogP contribution is 2.68. The average molecular weight is 399 g/mol. The van der Waals surface area contributed by atoms with Gasteiger partial charge in [-0.3, -0.25) is 14.4 Å². The van der Waals surface area contributed by atoms with E-state index in [0.717, 1.165) is 25.7 Å². The second-order valence-electron chi connectivity index (χ2n) is 10.6. The Labute approximate surface area is 174 Å². The topological polar surface area (TPSA) is 60.4 Å². The van der Waals surface area contributed by atoms with Gasteiger partial charge in [-0.15, -0.1) is 0 Å². The van der Waals surface area contributed by atoms with E-state index in [9.17, 15) is 14.4 Å². The van der Waals surface area contributed by atoms with Gasteiger partial charge in [0.25, 0.3) is 0 Å². The molecule has 0 unspecified atom stereocenters. The summed E-state index contributed by atoms with van der Waals surface area (Å²) in [5, 5.41) is 0. The van der Waals surface area contributed by atoms with Gasteiger partial charge < -0.3 is 4.74 Å². The Morgan fingerprint density at radius 2 is 1.79 bits per heavy atom. The normalized spacial score (nSPS) is 46.1. The van der Waals surface area contributed by atoms with Gasteiger partial charge in [-0.25, -0.2) is 0 Å². The van der Waals surface area contributed by atoms with E-state index in [-0.39, 0.29) is 34.3 Å². The molecule has 4 rings (SSSR count). The molecular weight excluding hydrogens is 364 g/mol. The molecule has 0 saturated heterocycles. The quantitative estimate of drug-likeness (QED) is 0.494. The van der Waals surface area contributed by atoms with Crippen LogP contribution in [0.4, 0.5) is 0 Å².